The van der Waals surface area contributed by atoms with Gasteiger partial charge in [-0.2, -0.15) is 5.10 Å². The Labute approximate surface area is 159 Å². The molecule has 2 aromatic carbocycles. The quantitative estimate of drug-likeness (QED) is 0.362. The first-order chi connectivity index (χ1) is 11.8. The van der Waals surface area contributed by atoms with Gasteiger partial charge < -0.3 is 4.74 Å². The maximum absolute atomic E-state index is 6.13. The van der Waals surface area contributed by atoms with E-state index in [0.29, 0.717) is 16.8 Å². The summed E-state index contributed by atoms with van der Waals surface area (Å²) >= 11 is 12.3. The van der Waals surface area contributed by atoms with E-state index in [1.165, 1.54) is 0 Å². The Morgan fingerprint density at radius 2 is 1.72 bits per heavy atom. The zero-order chi connectivity index (χ0) is 18.0. The van der Waals surface area contributed by atoms with Crippen LogP contribution in [0, 0.1) is 0 Å². The smallest absolute Gasteiger partial charge is 0.139 e. The average Bonchev–Trinajstić information content (AvgIpc) is 2.92. The normalized spacial score (nSPS) is 12.0. The van der Waals surface area contributed by atoms with Crippen LogP contribution in [-0.2, 0) is 11.5 Å². The predicted octanol–water partition coefficient (Wildman–Crippen LogP) is 6.32. The topological polar surface area (TPSA) is 27.1 Å². The van der Waals surface area contributed by atoms with E-state index in [9.17, 15) is 0 Å². The summed E-state index contributed by atoms with van der Waals surface area (Å²) in [5, 5.41) is 6.80. The van der Waals surface area contributed by atoms with Gasteiger partial charge in [0.1, 0.15) is 6.73 Å². The van der Waals surface area contributed by atoms with E-state index in [0.717, 1.165) is 34.7 Å². The molecule has 0 aliphatic heterocycles. The summed E-state index contributed by atoms with van der Waals surface area (Å²) in [6, 6.07) is 12.9. The lowest BCUT2D eigenvalue weighted by atomic mass is 10.0. The summed E-state index contributed by atoms with van der Waals surface area (Å²) in [5.74, 6) is 0. The first-order valence-electron chi connectivity index (χ1n) is 8.32. The number of rotatable bonds is 6. The van der Waals surface area contributed by atoms with Crippen molar-refractivity contribution in [3.8, 4) is 11.1 Å². The van der Waals surface area contributed by atoms with Gasteiger partial charge in [0, 0.05) is 30.1 Å². The van der Waals surface area contributed by atoms with Crippen LogP contribution in [0.2, 0.25) is 35.7 Å². The van der Waals surface area contributed by atoms with Gasteiger partial charge in [-0.05, 0) is 41.4 Å². The molecule has 0 fully saturated rings. The van der Waals surface area contributed by atoms with Crippen LogP contribution in [0.25, 0.3) is 22.0 Å². The van der Waals surface area contributed by atoms with Gasteiger partial charge in [0.2, 0.25) is 0 Å². The van der Waals surface area contributed by atoms with Crippen molar-refractivity contribution in [1.82, 2.24) is 9.78 Å². The summed E-state index contributed by atoms with van der Waals surface area (Å²) in [6.45, 7) is 8.29. The van der Waals surface area contributed by atoms with Crippen molar-refractivity contribution in [1.29, 1.82) is 0 Å². The Hall–Kier alpha value is -1.33. The van der Waals surface area contributed by atoms with Crippen molar-refractivity contribution in [2.75, 3.05) is 6.61 Å². The van der Waals surface area contributed by atoms with E-state index in [4.69, 9.17) is 27.9 Å². The Kier molecular flexibility index (Phi) is 5.54. The van der Waals surface area contributed by atoms with Crippen molar-refractivity contribution in [3.05, 3.63) is 52.6 Å². The Morgan fingerprint density at radius 1 is 1.00 bits per heavy atom. The monoisotopic (exact) mass is 392 g/mol. The van der Waals surface area contributed by atoms with Gasteiger partial charge in [-0.3, -0.25) is 0 Å². The molecule has 0 spiro atoms. The van der Waals surface area contributed by atoms with E-state index in [2.05, 4.69) is 42.9 Å². The van der Waals surface area contributed by atoms with Crippen LogP contribution < -0.4 is 0 Å². The van der Waals surface area contributed by atoms with Gasteiger partial charge >= 0.3 is 0 Å². The molecular formula is C19H22Cl2N2OSi. The van der Waals surface area contributed by atoms with Crippen LogP contribution >= 0.6 is 23.2 Å². The molecule has 0 radical (unpaired) electrons. The fourth-order valence-corrected chi connectivity index (χ4v) is 3.89. The van der Waals surface area contributed by atoms with E-state index < -0.39 is 8.07 Å². The Bertz CT molecular complexity index is 867. The van der Waals surface area contributed by atoms with Gasteiger partial charge in [-0.25, -0.2) is 4.68 Å². The molecule has 0 saturated carbocycles. The molecule has 1 aromatic heterocycles. The number of fused-ring (bicyclic) bond motifs is 1. The fourth-order valence-electron chi connectivity index (χ4n) is 2.60. The second-order valence-electron chi connectivity index (χ2n) is 7.42. The summed E-state index contributed by atoms with van der Waals surface area (Å²) in [6.07, 6.45) is 1.87. The Balaban J connectivity index is 1.82. The van der Waals surface area contributed by atoms with Crippen molar-refractivity contribution in [2.45, 2.75) is 32.4 Å². The molecule has 1 heterocycles. The molecule has 0 atom stereocenters. The van der Waals surface area contributed by atoms with E-state index in [1.807, 2.05) is 23.0 Å². The van der Waals surface area contributed by atoms with Crippen molar-refractivity contribution >= 4 is 42.2 Å². The third kappa shape index (κ3) is 4.85. The van der Waals surface area contributed by atoms with Crippen LogP contribution in [0.3, 0.4) is 0 Å². The van der Waals surface area contributed by atoms with Gasteiger partial charge in [-0.15, -0.1) is 0 Å². The molecule has 0 bridgehead atoms. The summed E-state index contributed by atoms with van der Waals surface area (Å²) in [4.78, 5) is 0. The van der Waals surface area contributed by atoms with E-state index in [1.54, 1.807) is 6.07 Å². The first-order valence-corrected chi connectivity index (χ1v) is 12.8. The standard InChI is InChI=1S/C19H22Cl2N2OSi/c1-25(2,3)7-6-24-13-23-19-10-14(4-5-15(19)12-22-23)16-8-17(20)11-18(21)9-16/h4-5,8-12H,6-7,13H2,1-3H3. The second kappa shape index (κ2) is 7.50. The molecule has 3 aromatic rings. The van der Waals surface area contributed by atoms with Crippen LogP contribution in [0.15, 0.2) is 42.6 Å². The van der Waals surface area contributed by atoms with Crippen LogP contribution in [0.1, 0.15) is 0 Å². The molecule has 132 valence electrons. The summed E-state index contributed by atoms with van der Waals surface area (Å²) in [7, 11) is -1.08. The molecule has 0 saturated heterocycles. The minimum absolute atomic E-state index is 0.466. The van der Waals surface area contributed by atoms with Gasteiger partial charge in [-0.1, -0.05) is 55.0 Å². The molecule has 0 amide bonds. The number of hydrogen-bond donors (Lipinski definition) is 0. The highest BCUT2D eigenvalue weighted by Gasteiger charge is 2.12. The zero-order valence-corrected chi connectivity index (χ0v) is 17.2. The molecular weight excluding hydrogens is 371 g/mol. The lowest BCUT2D eigenvalue weighted by Gasteiger charge is -2.15. The first kappa shape index (κ1) is 18.5. The van der Waals surface area contributed by atoms with E-state index in [-0.39, 0.29) is 0 Å². The summed E-state index contributed by atoms with van der Waals surface area (Å²) in [5.41, 5.74) is 3.09. The number of aromatic nitrogens is 2. The Morgan fingerprint density at radius 3 is 2.40 bits per heavy atom. The lowest BCUT2D eigenvalue weighted by Crippen LogP contribution is -2.22. The number of benzene rings is 2. The fraction of sp³-hybridized carbons (Fsp3) is 0.316. The number of halogens is 2. The van der Waals surface area contributed by atoms with Gasteiger partial charge in [0.05, 0.1) is 11.7 Å². The van der Waals surface area contributed by atoms with Gasteiger partial charge in [0.15, 0.2) is 0 Å². The average molecular weight is 393 g/mol. The molecule has 0 N–H and O–H groups in total. The van der Waals surface area contributed by atoms with Crippen LogP contribution in [0.4, 0.5) is 0 Å². The van der Waals surface area contributed by atoms with Crippen LogP contribution in [0.5, 0.6) is 0 Å². The molecule has 6 heteroatoms. The molecule has 3 rings (SSSR count). The van der Waals surface area contributed by atoms with Crippen molar-refractivity contribution in [2.24, 2.45) is 0 Å². The highest BCUT2D eigenvalue weighted by atomic mass is 35.5. The largest absolute Gasteiger partial charge is 0.360 e. The van der Waals surface area contributed by atoms with E-state index >= 15 is 0 Å². The minimum Gasteiger partial charge on any atom is -0.360 e. The highest BCUT2D eigenvalue weighted by Crippen LogP contribution is 2.29. The minimum atomic E-state index is -1.08. The number of hydrogen-bond acceptors (Lipinski definition) is 2. The molecule has 0 aliphatic carbocycles. The number of ether oxygens (including phenoxy) is 1. The SMILES string of the molecule is C[Si](C)(C)CCOCn1ncc2ccc(-c3cc(Cl)cc(Cl)c3)cc21. The maximum atomic E-state index is 6.13. The van der Waals surface area contributed by atoms with Crippen molar-refractivity contribution in [3.63, 3.8) is 0 Å². The lowest BCUT2D eigenvalue weighted by molar-refractivity contribution is 0.0817. The van der Waals surface area contributed by atoms with Gasteiger partial charge in [0.25, 0.3) is 0 Å². The maximum Gasteiger partial charge on any atom is 0.139 e. The zero-order valence-electron chi connectivity index (χ0n) is 14.7. The third-order valence-corrected chi connectivity index (χ3v) is 6.19. The van der Waals surface area contributed by atoms with Crippen molar-refractivity contribution < 1.29 is 4.74 Å². The highest BCUT2D eigenvalue weighted by molar-refractivity contribution is 6.76. The number of nitrogens with zero attached hydrogens (tertiary/aromatic N) is 2. The molecule has 3 nitrogen and oxygen atoms in total. The second-order valence-corrected chi connectivity index (χ2v) is 13.9. The summed E-state index contributed by atoms with van der Waals surface area (Å²) < 4.78 is 7.74. The van der Waals surface area contributed by atoms with Crippen LogP contribution in [-0.4, -0.2) is 24.5 Å². The third-order valence-electron chi connectivity index (χ3n) is 4.05. The molecule has 25 heavy (non-hydrogen) atoms. The molecule has 0 aliphatic rings. The predicted molar refractivity (Wildman–Crippen MR) is 109 cm³/mol. The molecule has 0 unspecified atom stereocenters.